The number of rotatable bonds is 3. The van der Waals surface area contributed by atoms with Gasteiger partial charge in [0.25, 0.3) is 0 Å². The Morgan fingerprint density at radius 1 is 1.29 bits per heavy atom. The molecule has 0 bridgehead atoms. The molecule has 72 valence electrons. The van der Waals surface area contributed by atoms with Crippen LogP contribution in [0.1, 0.15) is 18.2 Å². The van der Waals surface area contributed by atoms with Gasteiger partial charge in [0.05, 0.1) is 0 Å². The van der Waals surface area contributed by atoms with Crippen molar-refractivity contribution in [1.29, 1.82) is 0 Å². The first kappa shape index (κ1) is 10.3. The summed E-state index contributed by atoms with van der Waals surface area (Å²) in [7, 11) is 0. The summed E-state index contributed by atoms with van der Waals surface area (Å²) in [6.07, 6.45) is 9.07. The zero-order valence-corrected chi connectivity index (χ0v) is 8.42. The molecule has 0 spiro atoms. The van der Waals surface area contributed by atoms with E-state index < -0.39 is 0 Å². The Bertz CT molecular complexity index is 472. The zero-order valence-electron chi connectivity index (χ0n) is 8.42. The Balaban J connectivity index is 3.56. The fraction of sp³-hybridized carbons (Fsp3) is 0.0769. The predicted octanol–water partition coefficient (Wildman–Crippen LogP) is 2.33. The van der Waals surface area contributed by atoms with E-state index in [1.54, 1.807) is 18.2 Å². The van der Waals surface area contributed by atoms with Crippen LogP contribution in [-0.4, -0.2) is 0 Å². The van der Waals surface area contributed by atoms with Crippen molar-refractivity contribution < 1.29 is 4.42 Å². The van der Waals surface area contributed by atoms with Crippen LogP contribution in [0.4, 0.5) is 0 Å². The first-order chi connectivity index (χ1) is 6.74. The standard InChI is InChI=1S/C13H14O/c1-5-8-11-10(4)13(9-6-2)14-12(11)7-3/h5-9H,2-4H2,1H3/b8-5-,13-9+. The minimum absolute atomic E-state index is 0.739. The van der Waals surface area contributed by atoms with Crippen LogP contribution in [0.3, 0.4) is 0 Å². The molecule has 1 rings (SSSR count). The van der Waals surface area contributed by atoms with E-state index in [1.807, 2.05) is 19.1 Å². The lowest BCUT2D eigenvalue weighted by Crippen LogP contribution is -2.19. The molecule has 0 aliphatic heterocycles. The normalized spacial score (nSPS) is 12.2. The molecule has 0 aliphatic carbocycles. The van der Waals surface area contributed by atoms with Crippen molar-refractivity contribution in [2.75, 3.05) is 0 Å². The van der Waals surface area contributed by atoms with Crippen molar-refractivity contribution in [2.24, 2.45) is 0 Å². The molecule has 1 aromatic rings. The summed E-state index contributed by atoms with van der Waals surface area (Å²) < 4.78 is 5.53. The maximum Gasteiger partial charge on any atom is 0.134 e. The Labute approximate surface area is 84.1 Å². The van der Waals surface area contributed by atoms with Crippen molar-refractivity contribution in [3.63, 3.8) is 0 Å². The van der Waals surface area contributed by atoms with Gasteiger partial charge in [-0.3, -0.25) is 0 Å². The first-order valence-electron chi connectivity index (χ1n) is 4.44. The maximum absolute atomic E-state index is 5.53. The van der Waals surface area contributed by atoms with Crippen molar-refractivity contribution in [1.82, 2.24) is 0 Å². The largest absolute Gasteiger partial charge is 0.456 e. The quantitative estimate of drug-likeness (QED) is 0.706. The zero-order chi connectivity index (χ0) is 10.6. The summed E-state index contributed by atoms with van der Waals surface area (Å²) in [5.74, 6) is 0.751. The van der Waals surface area contributed by atoms with Gasteiger partial charge in [-0.2, -0.15) is 0 Å². The van der Waals surface area contributed by atoms with Gasteiger partial charge in [0.15, 0.2) is 0 Å². The summed E-state index contributed by atoms with van der Waals surface area (Å²) in [6.45, 7) is 13.2. The lowest BCUT2D eigenvalue weighted by Gasteiger charge is -1.86. The highest BCUT2D eigenvalue weighted by atomic mass is 16.3. The molecular formula is C13H14O. The third-order valence-corrected chi connectivity index (χ3v) is 1.90. The van der Waals surface area contributed by atoms with Crippen molar-refractivity contribution >= 4 is 24.8 Å². The number of furan rings is 1. The van der Waals surface area contributed by atoms with Gasteiger partial charge in [-0.05, 0) is 19.1 Å². The van der Waals surface area contributed by atoms with Gasteiger partial charge in [-0.1, -0.05) is 38.0 Å². The fourth-order valence-corrected chi connectivity index (χ4v) is 1.26. The molecule has 1 nitrogen and oxygen atoms in total. The molecule has 1 aromatic heterocycles. The summed E-state index contributed by atoms with van der Waals surface area (Å²) in [4.78, 5) is 0. The SMILES string of the molecule is C=C/C=c1/oc(C=C)c(/C=C\C)c1=C. The smallest absolute Gasteiger partial charge is 0.134 e. The summed E-state index contributed by atoms with van der Waals surface area (Å²) in [6, 6.07) is 0. The van der Waals surface area contributed by atoms with Crippen LogP contribution in [0, 0.1) is 0 Å². The highest BCUT2D eigenvalue weighted by Gasteiger charge is 2.02. The van der Waals surface area contributed by atoms with Crippen LogP contribution in [-0.2, 0) is 0 Å². The van der Waals surface area contributed by atoms with Gasteiger partial charge >= 0.3 is 0 Å². The van der Waals surface area contributed by atoms with Gasteiger partial charge in [-0.25, -0.2) is 0 Å². The molecule has 0 saturated carbocycles. The molecule has 0 aliphatic rings. The number of allylic oxidation sites excluding steroid dienone is 2. The third-order valence-electron chi connectivity index (χ3n) is 1.90. The molecule has 0 aromatic carbocycles. The van der Waals surface area contributed by atoms with Gasteiger partial charge in [0, 0.05) is 10.8 Å². The lowest BCUT2D eigenvalue weighted by molar-refractivity contribution is 0.522. The minimum Gasteiger partial charge on any atom is -0.456 e. The summed E-state index contributed by atoms with van der Waals surface area (Å²) >= 11 is 0. The molecule has 0 radical (unpaired) electrons. The summed E-state index contributed by atoms with van der Waals surface area (Å²) in [5, 5.41) is 0.873. The second kappa shape index (κ2) is 4.47. The van der Waals surface area contributed by atoms with E-state index in [-0.39, 0.29) is 0 Å². The molecule has 0 N–H and O–H groups in total. The van der Waals surface area contributed by atoms with Crippen molar-refractivity contribution in [3.05, 3.63) is 47.3 Å². The van der Waals surface area contributed by atoms with Gasteiger partial charge in [0.1, 0.15) is 11.2 Å². The van der Waals surface area contributed by atoms with Crippen LogP contribution >= 0.6 is 0 Å². The highest BCUT2D eigenvalue weighted by molar-refractivity contribution is 5.61. The second-order valence-electron chi connectivity index (χ2n) is 2.83. The van der Waals surface area contributed by atoms with Crippen molar-refractivity contribution in [2.45, 2.75) is 6.92 Å². The Morgan fingerprint density at radius 2 is 2.00 bits per heavy atom. The molecule has 0 amide bonds. The number of hydrogen-bond donors (Lipinski definition) is 0. The average molecular weight is 186 g/mol. The molecule has 0 unspecified atom stereocenters. The van der Waals surface area contributed by atoms with Gasteiger partial charge < -0.3 is 4.42 Å². The van der Waals surface area contributed by atoms with Crippen LogP contribution in [0.5, 0.6) is 0 Å². The monoisotopic (exact) mass is 186 g/mol. The van der Waals surface area contributed by atoms with Crippen LogP contribution < -0.4 is 10.6 Å². The van der Waals surface area contributed by atoms with E-state index in [2.05, 4.69) is 19.7 Å². The minimum atomic E-state index is 0.739. The second-order valence-corrected chi connectivity index (χ2v) is 2.83. The fourth-order valence-electron chi connectivity index (χ4n) is 1.26. The van der Waals surface area contributed by atoms with Crippen LogP contribution in [0.25, 0.3) is 24.8 Å². The molecular weight excluding hydrogens is 172 g/mol. The Hall–Kier alpha value is -1.76. The van der Waals surface area contributed by atoms with E-state index >= 15 is 0 Å². The van der Waals surface area contributed by atoms with Crippen LogP contribution in [0.15, 0.2) is 29.7 Å². The van der Waals surface area contributed by atoms with E-state index in [9.17, 15) is 0 Å². The first-order valence-corrected chi connectivity index (χ1v) is 4.44. The molecule has 0 fully saturated rings. The van der Waals surface area contributed by atoms with E-state index in [4.69, 9.17) is 4.42 Å². The molecule has 1 heteroatoms. The van der Waals surface area contributed by atoms with E-state index in [1.165, 1.54) is 0 Å². The topological polar surface area (TPSA) is 13.1 Å². The molecule has 14 heavy (non-hydrogen) atoms. The van der Waals surface area contributed by atoms with E-state index in [0.29, 0.717) is 0 Å². The predicted molar refractivity (Wildman–Crippen MR) is 62.9 cm³/mol. The summed E-state index contributed by atoms with van der Waals surface area (Å²) in [5.41, 5.74) is 1.72. The highest BCUT2D eigenvalue weighted by Crippen LogP contribution is 2.05. The average Bonchev–Trinajstić information content (AvgIpc) is 2.47. The lowest BCUT2D eigenvalue weighted by atomic mass is 10.2. The molecule has 0 atom stereocenters. The third kappa shape index (κ3) is 1.77. The van der Waals surface area contributed by atoms with Gasteiger partial charge in [0.2, 0.25) is 0 Å². The number of hydrogen-bond acceptors (Lipinski definition) is 1. The maximum atomic E-state index is 5.53. The van der Waals surface area contributed by atoms with Gasteiger partial charge in [-0.15, -0.1) is 0 Å². The molecule has 0 saturated heterocycles. The van der Waals surface area contributed by atoms with E-state index in [0.717, 1.165) is 22.0 Å². The Kier molecular flexibility index (Phi) is 3.29. The Morgan fingerprint density at radius 3 is 2.50 bits per heavy atom. The van der Waals surface area contributed by atoms with Crippen LogP contribution in [0.2, 0.25) is 0 Å². The van der Waals surface area contributed by atoms with Crippen molar-refractivity contribution in [3.8, 4) is 0 Å². The molecule has 1 heterocycles.